The van der Waals surface area contributed by atoms with Gasteiger partial charge in [-0.2, -0.15) is 0 Å². The lowest BCUT2D eigenvalue weighted by Gasteiger charge is -2.18. The normalized spacial score (nSPS) is 12.1. The van der Waals surface area contributed by atoms with E-state index in [1.807, 2.05) is 19.2 Å². The molecule has 0 bridgehead atoms. The SMILES string of the molecule is CCCOc1ccc(C(NC)c2ccc(SC)cc2)cc1. The first-order valence-corrected chi connectivity index (χ1v) is 8.55. The summed E-state index contributed by atoms with van der Waals surface area (Å²) in [6.07, 6.45) is 3.13. The van der Waals surface area contributed by atoms with Crippen LogP contribution in [0.2, 0.25) is 0 Å². The van der Waals surface area contributed by atoms with Crippen molar-refractivity contribution in [2.75, 3.05) is 19.9 Å². The zero-order valence-electron chi connectivity index (χ0n) is 12.9. The number of thioether (sulfide) groups is 1. The maximum atomic E-state index is 5.64. The summed E-state index contributed by atoms with van der Waals surface area (Å²) >= 11 is 1.77. The highest BCUT2D eigenvalue weighted by Crippen LogP contribution is 2.25. The van der Waals surface area contributed by atoms with Gasteiger partial charge < -0.3 is 10.1 Å². The largest absolute Gasteiger partial charge is 0.494 e. The second-order valence-electron chi connectivity index (χ2n) is 4.91. The van der Waals surface area contributed by atoms with Crippen molar-refractivity contribution in [3.63, 3.8) is 0 Å². The highest BCUT2D eigenvalue weighted by atomic mass is 32.2. The smallest absolute Gasteiger partial charge is 0.119 e. The van der Waals surface area contributed by atoms with E-state index in [4.69, 9.17) is 4.74 Å². The Balaban J connectivity index is 2.15. The van der Waals surface area contributed by atoms with Crippen LogP contribution in [0.3, 0.4) is 0 Å². The molecule has 2 nitrogen and oxygen atoms in total. The highest BCUT2D eigenvalue weighted by molar-refractivity contribution is 7.98. The number of benzene rings is 2. The quantitative estimate of drug-likeness (QED) is 0.760. The van der Waals surface area contributed by atoms with Gasteiger partial charge in [0.15, 0.2) is 0 Å². The predicted octanol–water partition coefficient (Wildman–Crippen LogP) is 4.51. The van der Waals surface area contributed by atoms with Crippen LogP contribution in [-0.2, 0) is 0 Å². The van der Waals surface area contributed by atoms with Crippen molar-refractivity contribution in [1.82, 2.24) is 5.32 Å². The van der Waals surface area contributed by atoms with Crippen molar-refractivity contribution < 1.29 is 4.74 Å². The van der Waals surface area contributed by atoms with Gasteiger partial charge in [-0.15, -0.1) is 11.8 Å². The van der Waals surface area contributed by atoms with Gasteiger partial charge in [-0.05, 0) is 55.1 Å². The molecule has 0 amide bonds. The molecule has 2 aromatic carbocycles. The molecule has 21 heavy (non-hydrogen) atoms. The molecule has 0 heterocycles. The van der Waals surface area contributed by atoms with E-state index in [0.717, 1.165) is 18.8 Å². The van der Waals surface area contributed by atoms with E-state index in [-0.39, 0.29) is 6.04 Å². The van der Waals surface area contributed by atoms with Gasteiger partial charge in [0.05, 0.1) is 12.6 Å². The minimum atomic E-state index is 0.209. The molecule has 0 aliphatic heterocycles. The molecular formula is C18H23NOS. The van der Waals surface area contributed by atoms with Crippen molar-refractivity contribution in [2.45, 2.75) is 24.3 Å². The highest BCUT2D eigenvalue weighted by Gasteiger charge is 2.11. The van der Waals surface area contributed by atoms with Gasteiger partial charge in [-0.3, -0.25) is 0 Å². The monoisotopic (exact) mass is 301 g/mol. The lowest BCUT2D eigenvalue weighted by atomic mass is 9.99. The molecule has 1 atom stereocenters. The molecule has 112 valence electrons. The lowest BCUT2D eigenvalue weighted by molar-refractivity contribution is 0.317. The Morgan fingerprint density at radius 2 is 1.57 bits per heavy atom. The molecular weight excluding hydrogens is 278 g/mol. The molecule has 2 rings (SSSR count). The number of hydrogen-bond acceptors (Lipinski definition) is 3. The Hall–Kier alpha value is -1.45. The number of nitrogens with one attached hydrogen (secondary N) is 1. The first-order chi connectivity index (χ1) is 10.3. The molecule has 3 heteroatoms. The van der Waals surface area contributed by atoms with Crippen LogP contribution in [0.1, 0.15) is 30.5 Å². The van der Waals surface area contributed by atoms with Crippen molar-refractivity contribution in [1.29, 1.82) is 0 Å². The van der Waals surface area contributed by atoms with E-state index in [2.05, 4.69) is 54.9 Å². The molecule has 2 aromatic rings. The van der Waals surface area contributed by atoms with Crippen LogP contribution in [0.5, 0.6) is 5.75 Å². The topological polar surface area (TPSA) is 21.3 Å². The van der Waals surface area contributed by atoms with Gasteiger partial charge in [-0.1, -0.05) is 31.2 Å². The van der Waals surface area contributed by atoms with Crippen LogP contribution in [0.25, 0.3) is 0 Å². The second kappa shape index (κ2) is 8.11. The molecule has 0 saturated carbocycles. The fourth-order valence-electron chi connectivity index (χ4n) is 2.30. The molecule has 0 saturated heterocycles. The van der Waals surface area contributed by atoms with Gasteiger partial charge in [0, 0.05) is 4.90 Å². The van der Waals surface area contributed by atoms with Crippen molar-refractivity contribution in [3.8, 4) is 5.75 Å². The average molecular weight is 301 g/mol. The van der Waals surface area contributed by atoms with Crippen LogP contribution < -0.4 is 10.1 Å². The zero-order valence-corrected chi connectivity index (χ0v) is 13.7. The Morgan fingerprint density at radius 1 is 1.00 bits per heavy atom. The maximum absolute atomic E-state index is 5.64. The second-order valence-corrected chi connectivity index (χ2v) is 5.79. The predicted molar refractivity (Wildman–Crippen MR) is 91.4 cm³/mol. The third-order valence-electron chi connectivity index (χ3n) is 3.42. The van der Waals surface area contributed by atoms with Gasteiger partial charge in [0.25, 0.3) is 0 Å². The Kier molecular flexibility index (Phi) is 6.15. The van der Waals surface area contributed by atoms with E-state index in [9.17, 15) is 0 Å². The van der Waals surface area contributed by atoms with Gasteiger partial charge in [0.1, 0.15) is 5.75 Å². The summed E-state index contributed by atoms with van der Waals surface area (Å²) in [5.41, 5.74) is 2.52. The van der Waals surface area contributed by atoms with Crippen LogP contribution in [0.15, 0.2) is 53.4 Å². The van der Waals surface area contributed by atoms with E-state index in [1.54, 1.807) is 11.8 Å². The van der Waals surface area contributed by atoms with Crippen molar-refractivity contribution >= 4 is 11.8 Å². The molecule has 0 fully saturated rings. The summed E-state index contributed by atoms with van der Waals surface area (Å²) < 4.78 is 5.64. The standard InChI is InChI=1S/C18H23NOS/c1-4-13-20-16-9-5-14(6-10-16)18(19-2)15-7-11-17(21-3)12-8-15/h5-12,18-19H,4,13H2,1-3H3. The summed E-state index contributed by atoms with van der Waals surface area (Å²) in [4.78, 5) is 1.29. The minimum absolute atomic E-state index is 0.209. The van der Waals surface area contributed by atoms with Crippen molar-refractivity contribution in [3.05, 3.63) is 59.7 Å². The van der Waals surface area contributed by atoms with Crippen LogP contribution in [0.4, 0.5) is 0 Å². The summed E-state index contributed by atoms with van der Waals surface area (Å²) in [6, 6.07) is 17.3. The molecule has 1 N–H and O–H groups in total. The van der Waals surface area contributed by atoms with Gasteiger partial charge >= 0.3 is 0 Å². The van der Waals surface area contributed by atoms with E-state index in [1.165, 1.54) is 16.0 Å². The minimum Gasteiger partial charge on any atom is -0.494 e. The van der Waals surface area contributed by atoms with Crippen LogP contribution in [-0.4, -0.2) is 19.9 Å². The fraction of sp³-hybridized carbons (Fsp3) is 0.333. The molecule has 0 aliphatic rings. The first kappa shape index (κ1) is 15.9. The summed E-state index contributed by atoms with van der Waals surface area (Å²) in [5.74, 6) is 0.938. The number of hydrogen-bond donors (Lipinski definition) is 1. The van der Waals surface area contributed by atoms with Gasteiger partial charge in [-0.25, -0.2) is 0 Å². The van der Waals surface area contributed by atoms with E-state index < -0.39 is 0 Å². The third-order valence-corrected chi connectivity index (χ3v) is 4.17. The Labute approximate surface area is 131 Å². The lowest BCUT2D eigenvalue weighted by Crippen LogP contribution is -2.17. The summed E-state index contributed by atoms with van der Waals surface area (Å²) in [5, 5.41) is 3.39. The fourth-order valence-corrected chi connectivity index (χ4v) is 2.71. The molecule has 0 spiro atoms. The van der Waals surface area contributed by atoms with Crippen LogP contribution >= 0.6 is 11.8 Å². The number of rotatable bonds is 7. The summed E-state index contributed by atoms with van der Waals surface area (Å²) in [6.45, 7) is 2.88. The number of ether oxygens (including phenoxy) is 1. The average Bonchev–Trinajstić information content (AvgIpc) is 2.55. The third kappa shape index (κ3) is 4.26. The van der Waals surface area contributed by atoms with E-state index >= 15 is 0 Å². The molecule has 0 aromatic heterocycles. The zero-order chi connectivity index (χ0) is 15.1. The molecule has 0 radical (unpaired) electrons. The van der Waals surface area contributed by atoms with Crippen molar-refractivity contribution in [2.24, 2.45) is 0 Å². The van der Waals surface area contributed by atoms with E-state index in [0.29, 0.717) is 0 Å². The molecule has 0 aliphatic carbocycles. The van der Waals surface area contributed by atoms with Crippen LogP contribution in [0, 0.1) is 0 Å². The van der Waals surface area contributed by atoms with Gasteiger partial charge in [0.2, 0.25) is 0 Å². The Morgan fingerprint density at radius 3 is 2.05 bits per heavy atom. The summed E-state index contributed by atoms with van der Waals surface area (Å²) in [7, 11) is 1.99. The maximum Gasteiger partial charge on any atom is 0.119 e. The first-order valence-electron chi connectivity index (χ1n) is 7.32. The molecule has 1 unspecified atom stereocenters. The Bertz CT molecular complexity index is 536.